The first-order valence-corrected chi connectivity index (χ1v) is 13.8. The van der Waals surface area contributed by atoms with E-state index in [4.69, 9.17) is 8.61 Å². The van der Waals surface area contributed by atoms with Gasteiger partial charge in [-0.1, -0.05) is 57.2 Å². The molecule has 0 heterocycles. The van der Waals surface area contributed by atoms with Gasteiger partial charge in [-0.2, -0.15) is 8.42 Å². The first-order valence-electron chi connectivity index (χ1n) is 9.07. The van der Waals surface area contributed by atoms with Crippen molar-refractivity contribution in [3.8, 4) is 0 Å². The molecule has 0 fully saturated rings. The van der Waals surface area contributed by atoms with Crippen LogP contribution in [-0.4, -0.2) is 29.1 Å². The lowest BCUT2D eigenvalue weighted by Crippen LogP contribution is -2.42. The molecule has 0 N–H and O–H groups in total. The van der Waals surface area contributed by atoms with Crippen molar-refractivity contribution in [2.75, 3.05) is 6.26 Å². The largest absolute Gasteiger partial charge is 0.410 e. The fourth-order valence-corrected chi connectivity index (χ4v) is 4.41. The Morgan fingerprint density at radius 3 is 2.23 bits per heavy atom. The van der Waals surface area contributed by atoms with E-state index >= 15 is 0 Å². The lowest BCUT2D eigenvalue weighted by Gasteiger charge is -2.40. The average Bonchev–Trinajstić information content (AvgIpc) is 2.50. The first kappa shape index (κ1) is 23.1. The van der Waals surface area contributed by atoms with Crippen molar-refractivity contribution in [1.82, 2.24) is 0 Å². The Balaban J connectivity index is 3.12. The normalized spacial score (nSPS) is 15.5. The van der Waals surface area contributed by atoms with E-state index in [1.54, 1.807) is 6.08 Å². The topological polar surface area (TPSA) is 52.6 Å². The summed E-state index contributed by atoms with van der Waals surface area (Å²) in [6.07, 6.45) is 4.04. The first-order chi connectivity index (χ1) is 11.9. The van der Waals surface area contributed by atoms with Crippen LogP contribution in [0.1, 0.15) is 51.7 Å². The molecule has 0 bridgehead atoms. The Morgan fingerprint density at radius 1 is 1.19 bits per heavy atom. The SMILES string of the molecule is C=CCC[C@H](C[C@H](O[Si](C)(C)C(C)(C)C)c1ccccc1)OS(C)(=O)=O. The molecule has 0 aromatic heterocycles. The van der Waals surface area contributed by atoms with Gasteiger partial charge in [0, 0.05) is 6.42 Å². The summed E-state index contributed by atoms with van der Waals surface area (Å²) in [7, 11) is -5.56. The summed E-state index contributed by atoms with van der Waals surface area (Å²) in [5.74, 6) is 0. The van der Waals surface area contributed by atoms with Crippen molar-refractivity contribution < 1.29 is 17.0 Å². The standard InChI is InChI=1S/C20H34O4SSi/c1-8-9-15-18(23-25(5,21)22)16-19(17-13-11-10-12-14-17)24-26(6,7)20(2,3)4/h8,10-14,18-19H,1,9,15-16H2,2-7H3/t18-,19+/m1/s1. The van der Waals surface area contributed by atoms with E-state index in [-0.39, 0.29) is 11.1 Å². The van der Waals surface area contributed by atoms with Gasteiger partial charge < -0.3 is 4.43 Å². The molecule has 26 heavy (non-hydrogen) atoms. The Kier molecular flexibility index (Phi) is 8.26. The molecule has 0 saturated carbocycles. The van der Waals surface area contributed by atoms with Crippen LogP contribution in [0.2, 0.25) is 18.1 Å². The molecule has 0 radical (unpaired) electrons. The highest BCUT2D eigenvalue weighted by Gasteiger charge is 2.40. The minimum Gasteiger partial charge on any atom is -0.410 e. The predicted molar refractivity (Wildman–Crippen MR) is 111 cm³/mol. The molecule has 0 aliphatic heterocycles. The summed E-state index contributed by atoms with van der Waals surface area (Å²) in [6, 6.07) is 9.99. The van der Waals surface area contributed by atoms with Gasteiger partial charge in [-0.3, -0.25) is 4.18 Å². The number of hydrogen-bond donors (Lipinski definition) is 0. The number of hydrogen-bond acceptors (Lipinski definition) is 4. The van der Waals surface area contributed by atoms with Crippen molar-refractivity contribution >= 4 is 18.4 Å². The molecule has 0 aliphatic rings. The summed E-state index contributed by atoms with van der Waals surface area (Å²) in [5, 5.41) is 0.0638. The van der Waals surface area contributed by atoms with Crippen molar-refractivity contribution in [3.63, 3.8) is 0 Å². The van der Waals surface area contributed by atoms with Crippen LogP contribution in [0.4, 0.5) is 0 Å². The van der Waals surface area contributed by atoms with E-state index in [1.807, 2.05) is 30.3 Å². The number of benzene rings is 1. The van der Waals surface area contributed by atoms with Crippen molar-refractivity contribution in [3.05, 3.63) is 48.6 Å². The fraction of sp³-hybridized carbons (Fsp3) is 0.600. The molecule has 4 nitrogen and oxygen atoms in total. The van der Waals surface area contributed by atoms with Gasteiger partial charge in [0.05, 0.1) is 18.5 Å². The highest BCUT2D eigenvalue weighted by Crippen LogP contribution is 2.41. The molecule has 0 spiro atoms. The zero-order chi connectivity index (χ0) is 20.0. The zero-order valence-corrected chi connectivity index (χ0v) is 18.8. The van der Waals surface area contributed by atoms with Gasteiger partial charge in [-0.15, -0.1) is 6.58 Å². The molecule has 1 rings (SSSR count). The number of rotatable bonds is 10. The molecule has 6 heteroatoms. The van der Waals surface area contributed by atoms with Crippen LogP contribution in [-0.2, 0) is 18.7 Å². The number of allylic oxidation sites excluding steroid dienone is 1. The van der Waals surface area contributed by atoms with Crippen LogP contribution in [0.25, 0.3) is 0 Å². The molecule has 0 unspecified atom stereocenters. The Bertz CT molecular complexity index is 663. The third kappa shape index (κ3) is 7.74. The van der Waals surface area contributed by atoms with E-state index in [1.165, 1.54) is 0 Å². The van der Waals surface area contributed by atoms with Crippen molar-refractivity contribution in [1.29, 1.82) is 0 Å². The fourth-order valence-electron chi connectivity index (χ4n) is 2.45. The Morgan fingerprint density at radius 2 is 1.77 bits per heavy atom. The maximum absolute atomic E-state index is 11.7. The molecule has 0 saturated heterocycles. The van der Waals surface area contributed by atoms with Crippen LogP contribution in [0, 0.1) is 0 Å². The van der Waals surface area contributed by atoms with Gasteiger partial charge in [0.1, 0.15) is 0 Å². The summed E-state index contributed by atoms with van der Waals surface area (Å²) in [5.41, 5.74) is 1.05. The van der Waals surface area contributed by atoms with Crippen LogP contribution in [0.15, 0.2) is 43.0 Å². The second-order valence-electron chi connectivity index (χ2n) is 8.30. The summed E-state index contributed by atoms with van der Waals surface area (Å²) >= 11 is 0. The maximum Gasteiger partial charge on any atom is 0.264 e. The maximum atomic E-state index is 11.7. The zero-order valence-electron chi connectivity index (χ0n) is 17.0. The average molecular weight is 399 g/mol. The minimum atomic E-state index is -3.53. The summed E-state index contributed by atoms with van der Waals surface area (Å²) in [4.78, 5) is 0. The molecule has 1 aromatic carbocycles. The van der Waals surface area contributed by atoms with E-state index in [9.17, 15) is 8.42 Å². The third-order valence-electron chi connectivity index (χ3n) is 4.90. The quantitative estimate of drug-likeness (QED) is 0.299. The van der Waals surface area contributed by atoms with E-state index in [0.717, 1.165) is 11.8 Å². The molecule has 1 aromatic rings. The van der Waals surface area contributed by atoms with Gasteiger partial charge in [-0.05, 0) is 36.5 Å². The van der Waals surface area contributed by atoms with E-state index in [2.05, 4.69) is 40.4 Å². The molecule has 148 valence electrons. The van der Waals surface area contributed by atoms with E-state index in [0.29, 0.717) is 19.3 Å². The monoisotopic (exact) mass is 398 g/mol. The molecule has 0 aliphatic carbocycles. The van der Waals surface area contributed by atoms with E-state index < -0.39 is 24.5 Å². The van der Waals surface area contributed by atoms with Gasteiger partial charge in [0.15, 0.2) is 8.32 Å². The summed E-state index contributed by atoms with van der Waals surface area (Å²) in [6.45, 7) is 14.7. The van der Waals surface area contributed by atoms with Gasteiger partial charge in [-0.25, -0.2) is 0 Å². The molecule has 0 amide bonds. The lowest BCUT2D eigenvalue weighted by atomic mass is 10.0. The molecular formula is C20H34O4SSi. The van der Waals surface area contributed by atoms with Crippen molar-refractivity contribution in [2.24, 2.45) is 0 Å². The highest BCUT2D eigenvalue weighted by molar-refractivity contribution is 7.86. The predicted octanol–water partition coefficient (Wildman–Crippen LogP) is 5.45. The third-order valence-corrected chi connectivity index (χ3v) is 10.0. The lowest BCUT2D eigenvalue weighted by molar-refractivity contribution is 0.101. The van der Waals surface area contributed by atoms with Crippen molar-refractivity contribution in [2.45, 2.75) is 70.4 Å². The Hall–Kier alpha value is -0.953. The van der Waals surface area contributed by atoms with Crippen LogP contribution in [0.5, 0.6) is 0 Å². The smallest absolute Gasteiger partial charge is 0.264 e. The molecular weight excluding hydrogens is 364 g/mol. The van der Waals surface area contributed by atoms with Crippen LogP contribution >= 0.6 is 0 Å². The highest BCUT2D eigenvalue weighted by atomic mass is 32.2. The van der Waals surface area contributed by atoms with Crippen LogP contribution in [0.3, 0.4) is 0 Å². The van der Waals surface area contributed by atoms with Crippen LogP contribution < -0.4 is 0 Å². The minimum absolute atomic E-state index is 0.0638. The second-order valence-corrected chi connectivity index (χ2v) is 14.7. The summed E-state index contributed by atoms with van der Waals surface area (Å²) < 4.78 is 35.4. The Labute approximate surface area is 160 Å². The second kappa shape index (κ2) is 9.31. The van der Waals surface area contributed by atoms with Gasteiger partial charge >= 0.3 is 0 Å². The van der Waals surface area contributed by atoms with Gasteiger partial charge in [0.2, 0.25) is 0 Å². The molecule has 2 atom stereocenters. The van der Waals surface area contributed by atoms with Gasteiger partial charge in [0.25, 0.3) is 10.1 Å².